The second kappa shape index (κ2) is 8.63. The zero-order valence-corrected chi connectivity index (χ0v) is 15.3. The van der Waals surface area contributed by atoms with Gasteiger partial charge < -0.3 is 10.1 Å². The van der Waals surface area contributed by atoms with Crippen LogP contribution < -0.4 is 10.1 Å². The van der Waals surface area contributed by atoms with Gasteiger partial charge >= 0.3 is 0 Å². The summed E-state index contributed by atoms with van der Waals surface area (Å²) in [6, 6.07) is 16.0. The molecule has 3 nitrogen and oxygen atoms in total. The molecule has 7 heteroatoms. The summed E-state index contributed by atoms with van der Waals surface area (Å²) in [4.78, 5) is 12.1. The maximum atomic E-state index is 12.1. The van der Waals surface area contributed by atoms with Gasteiger partial charge in [-0.3, -0.25) is 4.79 Å². The van der Waals surface area contributed by atoms with E-state index in [0.717, 1.165) is 5.56 Å². The van der Waals surface area contributed by atoms with Crippen LogP contribution in [0.15, 0.2) is 60.7 Å². The fourth-order valence-electron chi connectivity index (χ4n) is 1.76. The molecule has 0 heterocycles. The molecule has 2 aromatic carbocycles. The first-order valence-electron chi connectivity index (χ1n) is 6.88. The first-order valence-corrected chi connectivity index (χ1v) is 8.39. The van der Waals surface area contributed by atoms with E-state index in [1.54, 1.807) is 30.3 Å². The molecule has 0 bridgehead atoms. The van der Waals surface area contributed by atoms with E-state index < -0.39 is 15.9 Å². The van der Waals surface area contributed by atoms with E-state index in [0.29, 0.717) is 10.8 Å². The largest absolute Gasteiger partial charge is 0.464 e. The summed E-state index contributed by atoms with van der Waals surface area (Å²) in [5.41, 5.74) is 0.866. The highest BCUT2D eigenvalue weighted by Crippen LogP contribution is 2.34. The number of halogens is 4. The van der Waals surface area contributed by atoms with Crippen LogP contribution in [0.25, 0.3) is 6.08 Å². The summed E-state index contributed by atoms with van der Waals surface area (Å²) in [5.74, 6) is -0.176. The minimum atomic E-state index is -1.88. The summed E-state index contributed by atoms with van der Waals surface area (Å²) < 4.78 is 3.66. The van der Waals surface area contributed by atoms with Gasteiger partial charge in [-0.1, -0.05) is 88.9 Å². The van der Waals surface area contributed by atoms with E-state index in [4.69, 9.17) is 51.1 Å². The van der Waals surface area contributed by atoms with Crippen LogP contribution in [-0.2, 0) is 4.79 Å². The molecule has 0 unspecified atom stereocenters. The van der Waals surface area contributed by atoms with Crippen LogP contribution in [0, 0.1) is 0 Å². The zero-order chi connectivity index (χ0) is 17.6. The molecular weight excluding hydrogens is 392 g/mol. The number of nitrogens with one attached hydrogen (secondary N) is 1. The summed E-state index contributed by atoms with van der Waals surface area (Å²) in [6.07, 6.45) is 1.75. The fraction of sp³-hybridized carbons (Fsp3) is 0.118. The van der Waals surface area contributed by atoms with E-state index in [9.17, 15) is 4.79 Å². The van der Waals surface area contributed by atoms with Crippen molar-refractivity contribution < 1.29 is 9.53 Å². The Morgan fingerprint density at radius 1 is 1.04 bits per heavy atom. The Bertz CT molecular complexity index is 714. The number of carbonyl (C=O) groups is 1. The highest BCUT2D eigenvalue weighted by molar-refractivity contribution is 6.68. The third kappa shape index (κ3) is 5.91. The van der Waals surface area contributed by atoms with Crippen molar-refractivity contribution in [2.45, 2.75) is 10.0 Å². The predicted octanol–water partition coefficient (Wildman–Crippen LogP) is 5.24. The van der Waals surface area contributed by atoms with Crippen molar-refractivity contribution in [3.63, 3.8) is 0 Å². The number of benzene rings is 2. The van der Waals surface area contributed by atoms with Crippen LogP contribution in [0.4, 0.5) is 0 Å². The summed E-state index contributed by atoms with van der Waals surface area (Å²) in [6.45, 7) is 0. The Morgan fingerprint density at radius 2 is 1.67 bits per heavy atom. The minimum Gasteiger partial charge on any atom is -0.464 e. The van der Waals surface area contributed by atoms with E-state index >= 15 is 0 Å². The number of para-hydroxylation sites is 1. The maximum Gasteiger partial charge on any atom is 0.246 e. The molecule has 0 aliphatic rings. The van der Waals surface area contributed by atoms with Crippen LogP contribution in [0.3, 0.4) is 0 Å². The lowest BCUT2D eigenvalue weighted by atomic mass is 10.2. The van der Waals surface area contributed by atoms with Crippen LogP contribution in [0.5, 0.6) is 5.75 Å². The number of amides is 1. The topological polar surface area (TPSA) is 38.3 Å². The Hall–Kier alpha value is -1.39. The smallest absolute Gasteiger partial charge is 0.246 e. The summed E-state index contributed by atoms with van der Waals surface area (Å²) >= 11 is 23.7. The Balaban J connectivity index is 2.08. The van der Waals surface area contributed by atoms with Crippen molar-refractivity contribution in [1.29, 1.82) is 0 Å². The average molecular weight is 405 g/mol. The molecule has 24 heavy (non-hydrogen) atoms. The molecule has 0 radical (unpaired) electrons. The molecule has 0 fully saturated rings. The number of alkyl halides is 3. The van der Waals surface area contributed by atoms with Crippen molar-refractivity contribution in [3.8, 4) is 5.75 Å². The lowest BCUT2D eigenvalue weighted by Gasteiger charge is -2.26. The van der Waals surface area contributed by atoms with Gasteiger partial charge in [-0.2, -0.15) is 0 Å². The third-order valence-corrected chi connectivity index (χ3v) is 3.79. The first-order chi connectivity index (χ1) is 11.4. The Kier molecular flexibility index (Phi) is 6.81. The number of ether oxygens (including phenoxy) is 1. The molecule has 0 saturated carbocycles. The molecule has 1 atom stereocenters. The van der Waals surface area contributed by atoms with E-state index in [1.165, 1.54) is 6.08 Å². The molecule has 0 saturated heterocycles. The molecule has 1 amide bonds. The monoisotopic (exact) mass is 403 g/mol. The SMILES string of the molecule is O=C(/C=C/c1ccccc1)N[C@@H](Oc1ccccc1Cl)C(Cl)(Cl)Cl. The highest BCUT2D eigenvalue weighted by Gasteiger charge is 2.36. The first kappa shape index (κ1) is 18.9. The molecule has 0 aromatic heterocycles. The van der Waals surface area contributed by atoms with Gasteiger partial charge in [0, 0.05) is 6.08 Å². The van der Waals surface area contributed by atoms with Crippen molar-refractivity contribution in [2.75, 3.05) is 0 Å². The van der Waals surface area contributed by atoms with Gasteiger partial charge in [0.2, 0.25) is 15.9 Å². The van der Waals surface area contributed by atoms with Crippen LogP contribution >= 0.6 is 46.4 Å². The van der Waals surface area contributed by atoms with Crippen LogP contribution in [0.2, 0.25) is 5.02 Å². The zero-order valence-electron chi connectivity index (χ0n) is 12.3. The fourth-order valence-corrected chi connectivity index (χ4v) is 2.24. The molecule has 0 spiro atoms. The Labute approximate surface area is 160 Å². The number of carbonyl (C=O) groups excluding carboxylic acids is 1. The Morgan fingerprint density at radius 3 is 2.29 bits per heavy atom. The highest BCUT2D eigenvalue weighted by atomic mass is 35.6. The second-order valence-corrected chi connectivity index (χ2v) is 7.50. The van der Waals surface area contributed by atoms with Gasteiger partial charge in [0.1, 0.15) is 5.75 Å². The molecular formula is C17H13Cl4NO2. The van der Waals surface area contributed by atoms with Gasteiger partial charge in [-0.15, -0.1) is 0 Å². The maximum absolute atomic E-state index is 12.1. The predicted molar refractivity (Wildman–Crippen MR) is 99.8 cm³/mol. The van der Waals surface area contributed by atoms with Gasteiger partial charge in [-0.05, 0) is 23.8 Å². The van der Waals surface area contributed by atoms with Gasteiger partial charge in [-0.25, -0.2) is 0 Å². The van der Waals surface area contributed by atoms with E-state index in [-0.39, 0.29) is 0 Å². The minimum absolute atomic E-state index is 0.294. The summed E-state index contributed by atoms with van der Waals surface area (Å²) in [7, 11) is 0. The van der Waals surface area contributed by atoms with E-state index in [2.05, 4.69) is 5.32 Å². The van der Waals surface area contributed by atoms with Crippen molar-refractivity contribution in [2.24, 2.45) is 0 Å². The van der Waals surface area contributed by atoms with Crippen molar-refractivity contribution >= 4 is 58.4 Å². The molecule has 1 N–H and O–H groups in total. The molecule has 2 aromatic rings. The normalized spacial score (nSPS) is 12.8. The van der Waals surface area contributed by atoms with Gasteiger partial charge in [0.25, 0.3) is 0 Å². The van der Waals surface area contributed by atoms with Gasteiger partial charge in [0.15, 0.2) is 0 Å². The van der Waals surface area contributed by atoms with Crippen LogP contribution in [0.1, 0.15) is 5.56 Å². The van der Waals surface area contributed by atoms with E-state index in [1.807, 2.05) is 30.3 Å². The molecule has 2 rings (SSSR count). The third-order valence-electron chi connectivity index (χ3n) is 2.88. The van der Waals surface area contributed by atoms with Crippen molar-refractivity contribution in [3.05, 3.63) is 71.3 Å². The van der Waals surface area contributed by atoms with Crippen LogP contribution in [-0.4, -0.2) is 15.9 Å². The molecule has 126 valence electrons. The molecule has 0 aliphatic carbocycles. The lowest BCUT2D eigenvalue weighted by Crippen LogP contribution is -2.47. The number of rotatable bonds is 5. The van der Waals surface area contributed by atoms with Gasteiger partial charge in [0.05, 0.1) is 5.02 Å². The number of hydrogen-bond acceptors (Lipinski definition) is 2. The number of hydrogen-bond donors (Lipinski definition) is 1. The van der Waals surface area contributed by atoms with Crippen molar-refractivity contribution in [1.82, 2.24) is 5.32 Å². The standard InChI is InChI=1S/C17H13Cl4NO2/c18-13-8-4-5-9-14(13)24-16(17(19,20)21)22-15(23)11-10-12-6-2-1-3-7-12/h1-11,16H,(H,22,23)/b11-10+/t16-/m0/s1. The average Bonchev–Trinajstić information content (AvgIpc) is 2.54. The quantitative estimate of drug-likeness (QED) is 0.420. The summed E-state index contributed by atoms with van der Waals surface area (Å²) in [5, 5.41) is 2.84. The lowest BCUT2D eigenvalue weighted by molar-refractivity contribution is -0.118. The molecule has 0 aliphatic heterocycles. The second-order valence-electron chi connectivity index (χ2n) is 4.72.